The molecule has 0 aliphatic carbocycles. The zero-order chi connectivity index (χ0) is 16.7. The van der Waals surface area contributed by atoms with Gasteiger partial charge in [-0.2, -0.15) is 0 Å². The first kappa shape index (κ1) is 24.2. The van der Waals surface area contributed by atoms with E-state index in [0.717, 1.165) is 13.0 Å². The Hall–Kier alpha value is -0.0800. The van der Waals surface area contributed by atoms with Gasteiger partial charge in [0.1, 0.15) is 0 Å². The molecule has 0 unspecified atom stereocenters. The summed E-state index contributed by atoms with van der Waals surface area (Å²) in [7, 11) is 0. The number of aliphatic hydroxyl groups is 1. The van der Waals surface area contributed by atoms with E-state index in [1.807, 2.05) is 6.92 Å². The standard InChI is InChI=1S/C18H38O.C2H7N/c1-2-3-4-5-6-7-8-9-10-11-12-13-14-15-16-17-18-19;1-2-3/h19H,2-18H2,1H3;2-3H2,1H3. The molecule has 0 aromatic carbocycles. The number of unbranched alkanes of at least 4 members (excludes halogenated alkanes) is 15. The molecular weight excluding hydrogens is 270 g/mol. The molecule has 0 heterocycles. The quantitative estimate of drug-likeness (QED) is 0.333. The van der Waals surface area contributed by atoms with Gasteiger partial charge >= 0.3 is 0 Å². The molecule has 0 atom stereocenters. The van der Waals surface area contributed by atoms with Crippen LogP contribution in [-0.4, -0.2) is 18.3 Å². The fraction of sp³-hybridized carbons (Fsp3) is 1.00. The van der Waals surface area contributed by atoms with Gasteiger partial charge in [-0.3, -0.25) is 0 Å². The Kier molecular flexibility index (Phi) is 28.4. The van der Waals surface area contributed by atoms with Gasteiger partial charge in [-0.25, -0.2) is 0 Å². The van der Waals surface area contributed by atoms with E-state index < -0.39 is 0 Å². The van der Waals surface area contributed by atoms with Crippen LogP contribution in [0, 0.1) is 0 Å². The smallest absolute Gasteiger partial charge is 0.0431 e. The monoisotopic (exact) mass is 315 g/mol. The van der Waals surface area contributed by atoms with Crippen molar-refractivity contribution in [2.24, 2.45) is 5.73 Å². The molecule has 0 saturated heterocycles. The number of aliphatic hydroxyl groups excluding tert-OH is 1. The van der Waals surface area contributed by atoms with Crippen molar-refractivity contribution >= 4 is 0 Å². The molecule has 2 heteroatoms. The van der Waals surface area contributed by atoms with Crippen molar-refractivity contribution in [1.29, 1.82) is 0 Å². The molecule has 0 rings (SSSR count). The number of hydrogen-bond donors (Lipinski definition) is 2. The van der Waals surface area contributed by atoms with E-state index in [1.54, 1.807) is 0 Å². The maximum Gasteiger partial charge on any atom is 0.0431 e. The number of nitrogens with two attached hydrogens (primary N) is 1. The van der Waals surface area contributed by atoms with Crippen molar-refractivity contribution in [2.45, 2.75) is 117 Å². The molecule has 0 spiro atoms. The molecule has 2 nitrogen and oxygen atoms in total. The molecule has 0 fully saturated rings. The second kappa shape index (κ2) is 25.9. The molecule has 0 aromatic rings. The Bertz CT molecular complexity index is 146. The van der Waals surface area contributed by atoms with Crippen molar-refractivity contribution < 1.29 is 5.11 Å². The van der Waals surface area contributed by atoms with Gasteiger partial charge in [0.15, 0.2) is 0 Å². The largest absolute Gasteiger partial charge is 0.396 e. The molecule has 0 amide bonds. The summed E-state index contributed by atoms with van der Waals surface area (Å²) in [5.41, 5.74) is 4.85. The minimum Gasteiger partial charge on any atom is -0.396 e. The van der Waals surface area contributed by atoms with Gasteiger partial charge in [0.25, 0.3) is 0 Å². The number of rotatable bonds is 16. The lowest BCUT2D eigenvalue weighted by molar-refractivity contribution is 0.282. The summed E-state index contributed by atoms with van der Waals surface area (Å²) in [4.78, 5) is 0. The van der Waals surface area contributed by atoms with Crippen molar-refractivity contribution in [3.8, 4) is 0 Å². The SMILES string of the molecule is CCCCCCCCCCCCCCCCCCO.CCN. The van der Waals surface area contributed by atoms with Crippen LogP contribution in [-0.2, 0) is 0 Å². The Morgan fingerprint density at radius 3 is 0.955 bits per heavy atom. The minimum atomic E-state index is 0.373. The highest BCUT2D eigenvalue weighted by Gasteiger charge is 1.94. The first-order valence-corrected chi connectivity index (χ1v) is 10.1. The summed E-state index contributed by atoms with van der Waals surface area (Å²) < 4.78 is 0. The lowest BCUT2D eigenvalue weighted by Gasteiger charge is -2.03. The highest BCUT2D eigenvalue weighted by Crippen LogP contribution is 2.13. The molecule has 0 radical (unpaired) electrons. The molecule has 0 aliphatic rings. The summed E-state index contributed by atoms with van der Waals surface area (Å²) in [6.07, 6.45) is 22.2. The summed E-state index contributed by atoms with van der Waals surface area (Å²) in [5.74, 6) is 0. The Labute approximate surface area is 141 Å². The van der Waals surface area contributed by atoms with Gasteiger partial charge in [-0.15, -0.1) is 0 Å². The Morgan fingerprint density at radius 1 is 0.500 bits per heavy atom. The lowest BCUT2D eigenvalue weighted by atomic mass is 10.0. The third kappa shape index (κ3) is 28.1. The van der Waals surface area contributed by atoms with Crippen molar-refractivity contribution in [2.75, 3.05) is 13.2 Å². The van der Waals surface area contributed by atoms with Crippen LogP contribution in [0.15, 0.2) is 0 Å². The lowest BCUT2D eigenvalue weighted by Crippen LogP contribution is -1.87. The normalized spacial score (nSPS) is 10.4. The summed E-state index contributed by atoms with van der Waals surface area (Å²) in [5, 5.41) is 8.67. The van der Waals surface area contributed by atoms with E-state index in [9.17, 15) is 0 Å². The van der Waals surface area contributed by atoms with E-state index in [2.05, 4.69) is 6.92 Å². The van der Waals surface area contributed by atoms with Gasteiger partial charge in [0.05, 0.1) is 0 Å². The zero-order valence-electron chi connectivity index (χ0n) is 15.8. The summed E-state index contributed by atoms with van der Waals surface area (Å²) in [6, 6.07) is 0. The highest BCUT2D eigenvalue weighted by atomic mass is 16.2. The molecule has 0 bridgehead atoms. The van der Waals surface area contributed by atoms with E-state index >= 15 is 0 Å². The van der Waals surface area contributed by atoms with Crippen molar-refractivity contribution in [1.82, 2.24) is 0 Å². The van der Waals surface area contributed by atoms with Gasteiger partial charge in [-0.1, -0.05) is 110 Å². The van der Waals surface area contributed by atoms with Gasteiger partial charge in [-0.05, 0) is 13.0 Å². The molecule has 0 saturated carbocycles. The van der Waals surface area contributed by atoms with Gasteiger partial charge in [0.2, 0.25) is 0 Å². The van der Waals surface area contributed by atoms with E-state index in [1.165, 1.54) is 96.3 Å². The van der Waals surface area contributed by atoms with Gasteiger partial charge < -0.3 is 10.8 Å². The van der Waals surface area contributed by atoms with E-state index in [0.29, 0.717) is 6.61 Å². The fourth-order valence-electron chi connectivity index (χ4n) is 2.66. The third-order valence-electron chi connectivity index (χ3n) is 4.01. The predicted molar refractivity (Wildman–Crippen MR) is 101 cm³/mol. The average Bonchev–Trinajstić information content (AvgIpc) is 2.52. The first-order valence-electron chi connectivity index (χ1n) is 10.1. The average molecular weight is 316 g/mol. The maximum atomic E-state index is 8.67. The van der Waals surface area contributed by atoms with Crippen LogP contribution in [0.4, 0.5) is 0 Å². The molecule has 22 heavy (non-hydrogen) atoms. The van der Waals surface area contributed by atoms with Crippen LogP contribution in [0.25, 0.3) is 0 Å². The van der Waals surface area contributed by atoms with Crippen LogP contribution in [0.5, 0.6) is 0 Å². The third-order valence-corrected chi connectivity index (χ3v) is 4.01. The first-order chi connectivity index (χ1) is 10.8. The van der Waals surface area contributed by atoms with Gasteiger partial charge in [0, 0.05) is 6.61 Å². The molecular formula is C20H45NO. The minimum absolute atomic E-state index is 0.373. The number of hydrogen-bond acceptors (Lipinski definition) is 2. The molecule has 3 N–H and O–H groups in total. The molecule has 0 aromatic heterocycles. The maximum absolute atomic E-state index is 8.67. The topological polar surface area (TPSA) is 46.2 Å². The van der Waals surface area contributed by atoms with Crippen molar-refractivity contribution in [3.05, 3.63) is 0 Å². The zero-order valence-corrected chi connectivity index (χ0v) is 15.8. The second-order valence-electron chi connectivity index (χ2n) is 6.44. The summed E-state index contributed by atoms with van der Waals surface area (Å²) in [6.45, 7) is 5.31. The fourth-order valence-corrected chi connectivity index (χ4v) is 2.66. The van der Waals surface area contributed by atoms with Crippen molar-refractivity contribution in [3.63, 3.8) is 0 Å². The van der Waals surface area contributed by atoms with Crippen LogP contribution < -0.4 is 5.73 Å². The molecule has 136 valence electrons. The second-order valence-corrected chi connectivity index (χ2v) is 6.44. The van der Waals surface area contributed by atoms with Crippen LogP contribution >= 0.6 is 0 Å². The van der Waals surface area contributed by atoms with Crippen LogP contribution in [0.1, 0.15) is 117 Å². The predicted octanol–water partition coefficient (Wildman–Crippen LogP) is 6.21. The Morgan fingerprint density at radius 2 is 0.727 bits per heavy atom. The summed E-state index contributed by atoms with van der Waals surface area (Å²) >= 11 is 0. The van der Waals surface area contributed by atoms with Crippen LogP contribution in [0.3, 0.4) is 0 Å². The van der Waals surface area contributed by atoms with E-state index in [4.69, 9.17) is 10.8 Å². The van der Waals surface area contributed by atoms with E-state index in [-0.39, 0.29) is 0 Å². The molecule has 0 aliphatic heterocycles. The Balaban J connectivity index is 0. The van der Waals surface area contributed by atoms with Crippen LogP contribution in [0.2, 0.25) is 0 Å². The highest BCUT2D eigenvalue weighted by molar-refractivity contribution is 4.49.